The fourth-order valence-electron chi connectivity index (χ4n) is 1.91. The number of hydrogen-bond donors (Lipinski definition) is 0. The van der Waals surface area contributed by atoms with Crippen LogP contribution in [-0.2, 0) is 0 Å². The Morgan fingerprint density at radius 3 is 2.62 bits per heavy atom. The van der Waals surface area contributed by atoms with Gasteiger partial charge in [-0.15, -0.1) is 0 Å². The van der Waals surface area contributed by atoms with Crippen molar-refractivity contribution in [2.24, 2.45) is 0 Å². The molecule has 0 unspecified atom stereocenters. The van der Waals surface area contributed by atoms with Gasteiger partial charge in [0.25, 0.3) is 0 Å². The van der Waals surface area contributed by atoms with E-state index in [-0.39, 0.29) is 0 Å². The first-order valence-corrected chi connectivity index (χ1v) is 5.17. The van der Waals surface area contributed by atoms with Gasteiger partial charge < -0.3 is 0 Å². The van der Waals surface area contributed by atoms with E-state index in [9.17, 15) is 0 Å². The molecule has 2 aliphatic rings. The average molecular weight is 172 g/mol. The van der Waals surface area contributed by atoms with Crippen molar-refractivity contribution >= 4 is 0 Å². The fourth-order valence-corrected chi connectivity index (χ4v) is 1.91. The standard InChI is InChI=1S/C13H16/c1-2-4-8-12(9-5-3-1)13-10-6-7-11-13/h1-2,6-7,9-10H,3-5,8,11H2. The molecule has 0 spiro atoms. The van der Waals surface area contributed by atoms with Crippen LogP contribution in [0.5, 0.6) is 0 Å². The van der Waals surface area contributed by atoms with E-state index >= 15 is 0 Å². The molecule has 0 aromatic carbocycles. The van der Waals surface area contributed by atoms with Crippen LogP contribution in [0.4, 0.5) is 0 Å². The van der Waals surface area contributed by atoms with Crippen molar-refractivity contribution in [2.45, 2.75) is 32.1 Å². The Labute approximate surface area is 80.3 Å². The van der Waals surface area contributed by atoms with E-state index in [0.29, 0.717) is 0 Å². The van der Waals surface area contributed by atoms with Gasteiger partial charge in [-0.05, 0) is 43.3 Å². The smallest absolute Gasteiger partial charge is 0.00917 e. The molecule has 0 amide bonds. The largest absolute Gasteiger partial charge is 0.0882 e. The molecule has 0 nitrogen and oxygen atoms in total. The highest BCUT2D eigenvalue weighted by molar-refractivity contribution is 5.39. The van der Waals surface area contributed by atoms with Crippen LogP contribution < -0.4 is 0 Å². The van der Waals surface area contributed by atoms with Crippen molar-refractivity contribution in [3.05, 3.63) is 47.6 Å². The predicted molar refractivity (Wildman–Crippen MR) is 57.5 cm³/mol. The van der Waals surface area contributed by atoms with E-state index < -0.39 is 0 Å². The quantitative estimate of drug-likeness (QED) is 0.526. The molecule has 0 aromatic rings. The lowest BCUT2D eigenvalue weighted by Gasteiger charge is -2.09. The summed E-state index contributed by atoms with van der Waals surface area (Å²) in [6, 6.07) is 0. The maximum absolute atomic E-state index is 2.42. The molecule has 0 heterocycles. The molecule has 0 saturated carbocycles. The van der Waals surface area contributed by atoms with Crippen LogP contribution in [0.2, 0.25) is 0 Å². The first-order valence-electron chi connectivity index (χ1n) is 5.17. The molecule has 13 heavy (non-hydrogen) atoms. The highest BCUT2D eigenvalue weighted by Crippen LogP contribution is 2.25. The normalized spacial score (nSPS) is 22.2. The lowest BCUT2D eigenvalue weighted by atomic mass is 9.97. The Balaban J connectivity index is 2.04. The maximum atomic E-state index is 2.42. The van der Waals surface area contributed by atoms with Crippen molar-refractivity contribution < 1.29 is 0 Å². The van der Waals surface area contributed by atoms with E-state index in [1.807, 2.05) is 0 Å². The summed E-state index contributed by atoms with van der Waals surface area (Å²) in [6.07, 6.45) is 19.7. The first-order chi connectivity index (χ1) is 6.47. The van der Waals surface area contributed by atoms with Crippen LogP contribution in [0.1, 0.15) is 32.1 Å². The molecule has 0 aromatic heterocycles. The van der Waals surface area contributed by atoms with Crippen molar-refractivity contribution in [2.75, 3.05) is 0 Å². The minimum absolute atomic E-state index is 1.15. The molecule has 0 fully saturated rings. The molecule has 2 aliphatic carbocycles. The molecule has 0 bridgehead atoms. The van der Waals surface area contributed by atoms with Crippen molar-refractivity contribution in [1.29, 1.82) is 0 Å². The summed E-state index contributed by atoms with van der Waals surface area (Å²) in [4.78, 5) is 0. The van der Waals surface area contributed by atoms with Gasteiger partial charge >= 0.3 is 0 Å². The van der Waals surface area contributed by atoms with Crippen molar-refractivity contribution in [3.8, 4) is 0 Å². The van der Waals surface area contributed by atoms with Crippen molar-refractivity contribution in [3.63, 3.8) is 0 Å². The second kappa shape index (κ2) is 4.27. The minimum Gasteiger partial charge on any atom is -0.0882 e. The monoisotopic (exact) mass is 172 g/mol. The molecule has 2 rings (SSSR count). The lowest BCUT2D eigenvalue weighted by molar-refractivity contribution is 0.910. The second-order valence-corrected chi connectivity index (χ2v) is 3.64. The van der Waals surface area contributed by atoms with E-state index in [1.165, 1.54) is 31.3 Å². The fraction of sp³-hybridized carbons (Fsp3) is 0.385. The summed E-state index contributed by atoms with van der Waals surface area (Å²) >= 11 is 0. The molecule has 0 radical (unpaired) electrons. The van der Waals surface area contributed by atoms with Gasteiger partial charge in [-0.3, -0.25) is 0 Å². The summed E-state index contributed by atoms with van der Waals surface area (Å²) in [7, 11) is 0. The summed E-state index contributed by atoms with van der Waals surface area (Å²) in [5.41, 5.74) is 3.12. The summed E-state index contributed by atoms with van der Waals surface area (Å²) in [6.45, 7) is 0. The molecule has 0 aliphatic heterocycles. The highest BCUT2D eigenvalue weighted by atomic mass is 14.1. The molecular weight excluding hydrogens is 156 g/mol. The SMILES string of the molecule is C1=CCC(C2=CCCC=CCC2)=C1. The van der Waals surface area contributed by atoms with Crippen LogP contribution in [0.15, 0.2) is 47.6 Å². The van der Waals surface area contributed by atoms with Gasteiger partial charge in [0.2, 0.25) is 0 Å². The van der Waals surface area contributed by atoms with Crippen LogP contribution >= 0.6 is 0 Å². The van der Waals surface area contributed by atoms with E-state index in [4.69, 9.17) is 0 Å². The Bertz CT molecular complexity index is 287. The lowest BCUT2D eigenvalue weighted by Crippen LogP contribution is -1.89. The van der Waals surface area contributed by atoms with E-state index in [1.54, 1.807) is 5.57 Å². The third kappa shape index (κ3) is 2.21. The summed E-state index contributed by atoms with van der Waals surface area (Å²) in [5, 5.41) is 0. The zero-order chi connectivity index (χ0) is 8.93. The van der Waals surface area contributed by atoms with Gasteiger partial charge in [-0.1, -0.05) is 36.5 Å². The van der Waals surface area contributed by atoms with Crippen molar-refractivity contribution in [1.82, 2.24) is 0 Å². The van der Waals surface area contributed by atoms with Gasteiger partial charge in [-0.25, -0.2) is 0 Å². The number of allylic oxidation sites excluding steroid dienone is 8. The maximum Gasteiger partial charge on any atom is -0.00917 e. The molecule has 0 saturated heterocycles. The summed E-state index contributed by atoms with van der Waals surface area (Å²) in [5.74, 6) is 0. The zero-order valence-corrected chi connectivity index (χ0v) is 8.00. The van der Waals surface area contributed by atoms with Gasteiger partial charge in [0.05, 0.1) is 0 Å². The Hall–Kier alpha value is -1.04. The number of rotatable bonds is 1. The third-order valence-electron chi connectivity index (χ3n) is 2.65. The second-order valence-electron chi connectivity index (χ2n) is 3.64. The van der Waals surface area contributed by atoms with E-state index in [2.05, 4.69) is 36.5 Å². The third-order valence-corrected chi connectivity index (χ3v) is 2.65. The highest BCUT2D eigenvalue weighted by Gasteiger charge is 2.06. The van der Waals surface area contributed by atoms with Crippen LogP contribution in [0, 0.1) is 0 Å². The van der Waals surface area contributed by atoms with Crippen LogP contribution in [0.3, 0.4) is 0 Å². The van der Waals surface area contributed by atoms with E-state index in [0.717, 1.165) is 6.42 Å². The van der Waals surface area contributed by atoms with Gasteiger partial charge in [0.15, 0.2) is 0 Å². The first kappa shape index (κ1) is 8.55. The zero-order valence-electron chi connectivity index (χ0n) is 8.00. The summed E-state index contributed by atoms with van der Waals surface area (Å²) < 4.78 is 0. The van der Waals surface area contributed by atoms with Gasteiger partial charge in [0.1, 0.15) is 0 Å². The molecule has 0 heteroatoms. The Morgan fingerprint density at radius 1 is 0.846 bits per heavy atom. The molecular formula is C13H16. The van der Waals surface area contributed by atoms with Crippen LogP contribution in [0.25, 0.3) is 0 Å². The topological polar surface area (TPSA) is 0 Å². The Kier molecular flexibility index (Phi) is 2.81. The Morgan fingerprint density at radius 2 is 1.77 bits per heavy atom. The van der Waals surface area contributed by atoms with Gasteiger partial charge in [0, 0.05) is 0 Å². The number of hydrogen-bond acceptors (Lipinski definition) is 0. The van der Waals surface area contributed by atoms with Crippen LogP contribution in [-0.4, -0.2) is 0 Å². The minimum atomic E-state index is 1.15. The molecule has 0 atom stereocenters. The van der Waals surface area contributed by atoms with Gasteiger partial charge in [-0.2, -0.15) is 0 Å². The average Bonchev–Trinajstić information content (AvgIpc) is 2.55. The molecule has 0 N–H and O–H groups in total. The predicted octanol–water partition coefficient (Wildman–Crippen LogP) is 3.93. The molecule has 68 valence electrons.